The number of nitrogens with one attached hydrogen (secondary N) is 1. The van der Waals surface area contributed by atoms with E-state index in [0.29, 0.717) is 12.1 Å². The highest BCUT2D eigenvalue weighted by Gasteiger charge is 2.21. The second-order valence-electron chi connectivity index (χ2n) is 5.07. The molecule has 0 aliphatic carbocycles. The number of rotatable bonds is 8. The van der Waals surface area contributed by atoms with Crippen molar-refractivity contribution in [1.29, 1.82) is 0 Å². The molecule has 1 unspecified atom stereocenters. The molecule has 1 rings (SSSR count). The maximum atomic E-state index is 3.50. The van der Waals surface area contributed by atoms with Crippen LogP contribution in [0.4, 0.5) is 0 Å². The van der Waals surface area contributed by atoms with E-state index >= 15 is 0 Å². The minimum atomic E-state index is 0.478. The number of hydrogen-bond acceptors (Lipinski definition) is 2. The van der Waals surface area contributed by atoms with Gasteiger partial charge in [-0.2, -0.15) is 0 Å². The lowest BCUT2D eigenvalue weighted by molar-refractivity contribution is 0.150. The van der Waals surface area contributed by atoms with Gasteiger partial charge in [-0.25, -0.2) is 0 Å². The summed E-state index contributed by atoms with van der Waals surface area (Å²) in [6.45, 7) is 12.2. The maximum Gasteiger partial charge on any atom is 0.0475 e. The topological polar surface area (TPSA) is 15.3 Å². The Balaban J connectivity index is 2.88. The summed E-state index contributed by atoms with van der Waals surface area (Å²) in [6.07, 6.45) is 1.20. The van der Waals surface area contributed by atoms with Crippen LogP contribution in [0.15, 0.2) is 30.3 Å². The van der Waals surface area contributed by atoms with E-state index in [1.165, 1.54) is 12.0 Å². The van der Waals surface area contributed by atoms with Crippen LogP contribution in [0.25, 0.3) is 0 Å². The number of benzene rings is 1. The molecular formula is C16H28N2. The molecule has 0 aliphatic rings. The molecule has 1 atom stereocenters. The molecule has 0 heterocycles. The first-order valence-electron chi connectivity index (χ1n) is 7.22. The molecule has 0 aromatic heterocycles. The van der Waals surface area contributed by atoms with Crippen molar-refractivity contribution in [3.05, 3.63) is 35.9 Å². The first kappa shape index (κ1) is 15.2. The van der Waals surface area contributed by atoms with Crippen LogP contribution >= 0.6 is 0 Å². The van der Waals surface area contributed by atoms with Crippen LogP contribution in [0.3, 0.4) is 0 Å². The van der Waals surface area contributed by atoms with Crippen LogP contribution in [0.1, 0.15) is 45.7 Å². The highest BCUT2D eigenvalue weighted by atomic mass is 15.2. The summed E-state index contributed by atoms with van der Waals surface area (Å²) < 4.78 is 0. The maximum absolute atomic E-state index is 3.50. The second kappa shape index (κ2) is 8.28. The van der Waals surface area contributed by atoms with Gasteiger partial charge in [-0.1, -0.05) is 44.2 Å². The summed E-state index contributed by atoms with van der Waals surface area (Å²) in [4.78, 5) is 2.60. The van der Waals surface area contributed by atoms with E-state index in [-0.39, 0.29) is 0 Å². The minimum Gasteiger partial charge on any atom is -0.315 e. The highest BCUT2D eigenvalue weighted by Crippen LogP contribution is 2.22. The molecule has 0 radical (unpaired) electrons. The Labute approximate surface area is 112 Å². The summed E-state index contributed by atoms with van der Waals surface area (Å²) in [5, 5.41) is 3.50. The Kier molecular flexibility index (Phi) is 6.99. The SMILES string of the molecule is CCCN(C(C)C)C(CNCC)c1ccccc1. The summed E-state index contributed by atoms with van der Waals surface area (Å²) in [6, 6.07) is 11.9. The Morgan fingerprint density at radius 2 is 1.78 bits per heavy atom. The summed E-state index contributed by atoms with van der Waals surface area (Å²) in [5.74, 6) is 0. The zero-order valence-corrected chi connectivity index (χ0v) is 12.3. The second-order valence-corrected chi connectivity index (χ2v) is 5.07. The van der Waals surface area contributed by atoms with Crippen molar-refractivity contribution in [2.24, 2.45) is 0 Å². The van der Waals surface area contributed by atoms with E-state index < -0.39 is 0 Å². The van der Waals surface area contributed by atoms with Crippen molar-refractivity contribution < 1.29 is 0 Å². The molecule has 0 fully saturated rings. The first-order chi connectivity index (χ1) is 8.70. The monoisotopic (exact) mass is 248 g/mol. The molecule has 18 heavy (non-hydrogen) atoms. The fourth-order valence-corrected chi connectivity index (χ4v) is 2.41. The molecular weight excluding hydrogens is 220 g/mol. The predicted molar refractivity (Wildman–Crippen MR) is 79.9 cm³/mol. The predicted octanol–water partition coefficient (Wildman–Crippen LogP) is 3.46. The standard InChI is InChI=1S/C16H28N2/c1-5-12-18(14(3)4)16(13-17-6-2)15-10-8-7-9-11-15/h7-11,14,16-17H,5-6,12-13H2,1-4H3. The zero-order chi connectivity index (χ0) is 13.4. The van der Waals surface area contributed by atoms with Gasteiger partial charge >= 0.3 is 0 Å². The van der Waals surface area contributed by atoms with Crippen LogP contribution < -0.4 is 5.32 Å². The van der Waals surface area contributed by atoms with Gasteiger partial charge < -0.3 is 5.32 Å². The highest BCUT2D eigenvalue weighted by molar-refractivity contribution is 5.19. The minimum absolute atomic E-state index is 0.478. The lowest BCUT2D eigenvalue weighted by atomic mass is 10.0. The van der Waals surface area contributed by atoms with E-state index in [1.807, 2.05) is 0 Å². The zero-order valence-electron chi connectivity index (χ0n) is 12.3. The molecule has 0 saturated carbocycles. The van der Waals surface area contributed by atoms with Gasteiger partial charge in [-0.3, -0.25) is 4.90 Å². The summed E-state index contributed by atoms with van der Waals surface area (Å²) >= 11 is 0. The van der Waals surface area contributed by atoms with E-state index in [1.54, 1.807) is 0 Å². The molecule has 0 amide bonds. The van der Waals surface area contributed by atoms with E-state index in [2.05, 4.69) is 68.2 Å². The fraction of sp³-hybridized carbons (Fsp3) is 0.625. The van der Waals surface area contributed by atoms with Gasteiger partial charge in [-0.15, -0.1) is 0 Å². The van der Waals surface area contributed by atoms with Crippen molar-refractivity contribution in [2.75, 3.05) is 19.6 Å². The Morgan fingerprint density at radius 1 is 1.11 bits per heavy atom. The molecule has 0 aliphatic heterocycles. The molecule has 0 saturated heterocycles. The third kappa shape index (κ3) is 4.43. The largest absolute Gasteiger partial charge is 0.315 e. The average Bonchev–Trinajstić information content (AvgIpc) is 2.39. The van der Waals surface area contributed by atoms with Crippen LogP contribution in [0.5, 0.6) is 0 Å². The molecule has 2 nitrogen and oxygen atoms in total. The molecule has 0 spiro atoms. The average molecular weight is 248 g/mol. The van der Waals surface area contributed by atoms with Gasteiger partial charge in [0.05, 0.1) is 0 Å². The van der Waals surface area contributed by atoms with Crippen LogP contribution in [0, 0.1) is 0 Å². The van der Waals surface area contributed by atoms with Gasteiger partial charge in [0.25, 0.3) is 0 Å². The van der Waals surface area contributed by atoms with Gasteiger partial charge in [0.1, 0.15) is 0 Å². The number of nitrogens with zero attached hydrogens (tertiary/aromatic N) is 1. The number of hydrogen-bond donors (Lipinski definition) is 1. The number of likely N-dealkylation sites (N-methyl/N-ethyl adjacent to an activating group) is 1. The molecule has 1 aromatic rings. The molecule has 1 N–H and O–H groups in total. The Morgan fingerprint density at radius 3 is 2.28 bits per heavy atom. The first-order valence-corrected chi connectivity index (χ1v) is 7.22. The molecule has 2 heteroatoms. The van der Waals surface area contributed by atoms with Gasteiger partial charge in [0.15, 0.2) is 0 Å². The molecule has 1 aromatic carbocycles. The van der Waals surface area contributed by atoms with Crippen molar-refractivity contribution in [3.8, 4) is 0 Å². The van der Waals surface area contributed by atoms with Gasteiger partial charge in [0.2, 0.25) is 0 Å². The van der Waals surface area contributed by atoms with Crippen LogP contribution in [-0.2, 0) is 0 Å². The van der Waals surface area contributed by atoms with Crippen molar-refractivity contribution in [2.45, 2.75) is 46.2 Å². The third-order valence-corrected chi connectivity index (χ3v) is 3.32. The molecule has 102 valence electrons. The Hall–Kier alpha value is -0.860. The van der Waals surface area contributed by atoms with E-state index in [9.17, 15) is 0 Å². The van der Waals surface area contributed by atoms with E-state index in [4.69, 9.17) is 0 Å². The third-order valence-electron chi connectivity index (χ3n) is 3.32. The van der Waals surface area contributed by atoms with Gasteiger partial charge in [-0.05, 0) is 38.9 Å². The van der Waals surface area contributed by atoms with Gasteiger partial charge in [0, 0.05) is 18.6 Å². The Bertz CT molecular complexity index is 308. The fourth-order valence-electron chi connectivity index (χ4n) is 2.41. The normalized spacial score (nSPS) is 13.2. The van der Waals surface area contributed by atoms with Crippen molar-refractivity contribution >= 4 is 0 Å². The van der Waals surface area contributed by atoms with Crippen LogP contribution in [-0.4, -0.2) is 30.6 Å². The molecule has 0 bridgehead atoms. The lowest BCUT2D eigenvalue weighted by Gasteiger charge is -2.35. The lowest BCUT2D eigenvalue weighted by Crippen LogP contribution is -2.40. The smallest absolute Gasteiger partial charge is 0.0475 e. The van der Waals surface area contributed by atoms with Crippen molar-refractivity contribution in [3.63, 3.8) is 0 Å². The van der Waals surface area contributed by atoms with Crippen LogP contribution in [0.2, 0.25) is 0 Å². The summed E-state index contributed by atoms with van der Waals surface area (Å²) in [5.41, 5.74) is 1.42. The quantitative estimate of drug-likeness (QED) is 0.758. The summed E-state index contributed by atoms with van der Waals surface area (Å²) in [7, 11) is 0. The van der Waals surface area contributed by atoms with Crippen molar-refractivity contribution in [1.82, 2.24) is 10.2 Å². The van der Waals surface area contributed by atoms with E-state index in [0.717, 1.165) is 19.6 Å².